The third-order valence-corrected chi connectivity index (χ3v) is 7.00. The van der Waals surface area contributed by atoms with E-state index in [1.165, 1.54) is 0 Å². The van der Waals surface area contributed by atoms with Crippen LogP contribution in [0.2, 0.25) is 0 Å². The van der Waals surface area contributed by atoms with Crippen molar-refractivity contribution in [2.45, 2.75) is 25.3 Å². The molecule has 16 heavy (non-hydrogen) atoms. The van der Waals surface area contributed by atoms with Crippen LogP contribution < -0.4 is 4.72 Å². The van der Waals surface area contributed by atoms with Crippen LogP contribution in [-0.2, 0) is 19.9 Å². The highest BCUT2D eigenvalue weighted by Crippen LogP contribution is 2.27. The highest BCUT2D eigenvalue weighted by molar-refractivity contribution is 9.09. The fraction of sp³-hybridized carbons (Fsp3) is 1.00. The SMILES string of the molecule is CS(=O)(=O)CS(=O)(=O)NC1CCCC1CBr. The molecule has 1 rings (SSSR count). The van der Waals surface area contributed by atoms with Crippen LogP contribution in [0, 0.1) is 5.92 Å². The van der Waals surface area contributed by atoms with Gasteiger partial charge in [-0.05, 0) is 18.8 Å². The molecule has 0 heterocycles. The summed E-state index contributed by atoms with van der Waals surface area (Å²) in [6.07, 6.45) is 3.64. The third kappa shape index (κ3) is 4.68. The van der Waals surface area contributed by atoms with E-state index in [1.807, 2.05) is 0 Å². The number of hydrogen-bond donors (Lipinski definition) is 1. The zero-order chi connectivity index (χ0) is 12.4. The monoisotopic (exact) mass is 333 g/mol. The molecule has 0 bridgehead atoms. The molecule has 0 radical (unpaired) electrons. The van der Waals surface area contributed by atoms with Crippen molar-refractivity contribution in [1.29, 1.82) is 0 Å². The van der Waals surface area contributed by atoms with Crippen molar-refractivity contribution < 1.29 is 16.8 Å². The summed E-state index contributed by atoms with van der Waals surface area (Å²) < 4.78 is 47.5. The van der Waals surface area contributed by atoms with Gasteiger partial charge in [0.15, 0.2) is 14.9 Å². The summed E-state index contributed by atoms with van der Waals surface area (Å²) in [7, 11) is -7.23. The van der Waals surface area contributed by atoms with E-state index in [1.54, 1.807) is 0 Å². The summed E-state index contributed by atoms with van der Waals surface area (Å²) in [6, 6.07) is -0.133. The summed E-state index contributed by atoms with van der Waals surface area (Å²) in [5, 5.41) is -0.0927. The maximum atomic E-state index is 11.6. The first-order chi connectivity index (χ1) is 7.23. The summed E-state index contributed by atoms with van der Waals surface area (Å²) in [4.78, 5) is 0. The quantitative estimate of drug-likeness (QED) is 0.741. The van der Waals surface area contributed by atoms with E-state index in [2.05, 4.69) is 20.7 Å². The maximum absolute atomic E-state index is 11.6. The topological polar surface area (TPSA) is 80.3 Å². The van der Waals surface area contributed by atoms with E-state index in [-0.39, 0.29) is 12.0 Å². The van der Waals surface area contributed by atoms with Crippen molar-refractivity contribution in [3.63, 3.8) is 0 Å². The lowest BCUT2D eigenvalue weighted by molar-refractivity contribution is 0.485. The molecule has 5 nitrogen and oxygen atoms in total. The standard InChI is InChI=1S/C8H16BrNO4S2/c1-15(11,12)6-16(13,14)10-8-4-2-3-7(8)5-9/h7-8,10H,2-6H2,1H3. The lowest BCUT2D eigenvalue weighted by Gasteiger charge is -2.18. The van der Waals surface area contributed by atoms with Crippen LogP contribution in [0.25, 0.3) is 0 Å². The molecule has 1 aliphatic rings. The van der Waals surface area contributed by atoms with Gasteiger partial charge in [0, 0.05) is 17.6 Å². The molecule has 1 N–H and O–H groups in total. The van der Waals surface area contributed by atoms with Crippen molar-refractivity contribution in [3.8, 4) is 0 Å². The van der Waals surface area contributed by atoms with E-state index < -0.39 is 24.9 Å². The minimum atomic E-state index is -3.72. The highest BCUT2D eigenvalue weighted by Gasteiger charge is 2.31. The van der Waals surface area contributed by atoms with Crippen molar-refractivity contribution >= 4 is 35.8 Å². The van der Waals surface area contributed by atoms with Gasteiger partial charge >= 0.3 is 0 Å². The molecule has 0 aromatic carbocycles. The maximum Gasteiger partial charge on any atom is 0.226 e. The van der Waals surface area contributed by atoms with Crippen LogP contribution in [0.1, 0.15) is 19.3 Å². The molecule has 1 fully saturated rings. The van der Waals surface area contributed by atoms with Gasteiger partial charge < -0.3 is 0 Å². The predicted molar refractivity (Wildman–Crippen MR) is 66.7 cm³/mol. The van der Waals surface area contributed by atoms with Gasteiger partial charge in [-0.25, -0.2) is 21.6 Å². The smallest absolute Gasteiger partial charge is 0.226 e. The molecule has 2 unspecified atom stereocenters. The number of rotatable bonds is 5. The molecule has 0 saturated heterocycles. The summed E-state index contributed by atoms with van der Waals surface area (Å²) >= 11 is 3.33. The fourth-order valence-electron chi connectivity index (χ4n) is 1.92. The molecule has 8 heteroatoms. The lowest BCUT2D eigenvalue weighted by atomic mass is 10.1. The van der Waals surface area contributed by atoms with Crippen LogP contribution in [0.5, 0.6) is 0 Å². The van der Waals surface area contributed by atoms with Crippen LogP contribution in [0.3, 0.4) is 0 Å². The van der Waals surface area contributed by atoms with Gasteiger partial charge in [0.1, 0.15) is 0 Å². The number of alkyl halides is 1. The Kier molecular flexibility index (Phi) is 4.79. The minimum absolute atomic E-state index is 0.133. The molecule has 0 aliphatic heterocycles. The van der Waals surface area contributed by atoms with Gasteiger partial charge in [0.2, 0.25) is 10.0 Å². The van der Waals surface area contributed by atoms with Gasteiger partial charge in [0.25, 0.3) is 0 Å². The van der Waals surface area contributed by atoms with E-state index in [0.29, 0.717) is 0 Å². The Morgan fingerprint density at radius 2 is 1.88 bits per heavy atom. The summed E-state index contributed by atoms with van der Waals surface area (Å²) in [5.74, 6) is 0.259. The number of halogens is 1. The lowest BCUT2D eigenvalue weighted by Crippen LogP contribution is -2.40. The Labute approximate surface area is 105 Å². The zero-order valence-corrected chi connectivity index (χ0v) is 12.2. The Balaban J connectivity index is 2.66. The van der Waals surface area contributed by atoms with Crippen LogP contribution in [0.4, 0.5) is 0 Å². The molecular formula is C8H16BrNO4S2. The second kappa shape index (κ2) is 5.32. The van der Waals surface area contributed by atoms with Crippen LogP contribution in [-0.4, -0.2) is 39.5 Å². The zero-order valence-electron chi connectivity index (χ0n) is 9.02. The van der Waals surface area contributed by atoms with Gasteiger partial charge in [0.05, 0.1) is 0 Å². The van der Waals surface area contributed by atoms with Crippen molar-refractivity contribution in [2.24, 2.45) is 5.92 Å². The largest absolute Gasteiger partial charge is 0.228 e. The molecule has 96 valence electrons. The van der Waals surface area contributed by atoms with Gasteiger partial charge in [-0.3, -0.25) is 0 Å². The summed E-state index contributed by atoms with van der Waals surface area (Å²) in [5.41, 5.74) is 0. The second-order valence-corrected chi connectivity index (χ2v) is 9.13. The first kappa shape index (κ1) is 14.4. The molecule has 0 aromatic heterocycles. The van der Waals surface area contributed by atoms with E-state index in [4.69, 9.17) is 0 Å². The van der Waals surface area contributed by atoms with E-state index in [0.717, 1.165) is 30.8 Å². The molecule has 0 aromatic rings. The van der Waals surface area contributed by atoms with Gasteiger partial charge in [-0.1, -0.05) is 22.4 Å². The Morgan fingerprint density at radius 1 is 1.25 bits per heavy atom. The predicted octanol–water partition coefficient (Wildman–Crippen LogP) is 0.472. The third-order valence-electron chi connectivity index (χ3n) is 2.56. The van der Waals surface area contributed by atoms with Crippen LogP contribution in [0.15, 0.2) is 0 Å². The number of nitrogens with one attached hydrogen (secondary N) is 1. The van der Waals surface area contributed by atoms with Crippen molar-refractivity contribution in [3.05, 3.63) is 0 Å². The normalized spacial score (nSPS) is 27.1. The van der Waals surface area contributed by atoms with E-state index in [9.17, 15) is 16.8 Å². The first-order valence-electron chi connectivity index (χ1n) is 4.97. The first-order valence-corrected chi connectivity index (χ1v) is 9.80. The highest BCUT2D eigenvalue weighted by atomic mass is 79.9. The average molecular weight is 334 g/mol. The molecule has 1 aliphatic carbocycles. The number of hydrogen-bond acceptors (Lipinski definition) is 4. The number of sulfone groups is 1. The van der Waals surface area contributed by atoms with Crippen LogP contribution >= 0.6 is 15.9 Å². The minimum Gasteiger partial charge on any atom is -0.228 e. The van der Waals surface area contributed by atoms with Crippen molar-refractivity contribution in [2.75, 3.05) is 16.7 Å². The molecule has 1 saturated carbocycles. The molecule has 2 atom stereocenters. The Bertz CT molecular complexity index is 431. The van der Waals surface area contributed by atoms with E-state index >= 15 is 0 Å². The fourth-order valence-corrected chi connectivity index (χ4v) is 6.00. The number of sulfonamides is 1. The summed E-state index contributed by atoms with van der Waals surface area (Å²) in [6.45, 7) is 0. The molecule has 0 spiro atoms. The van der Waals surface area contributed by atoms with Gasteiger partial charge in [-0.15, -0.1) is 0 Å². The molecule has 0 amide bonds. The Morgan fingerprint density at radius 3 is 2.38 bits per heavy atom. The Hall–Kier alpha value is 0.340. The average Bonchev–Trinajstić information content (AvgIpc) is 2.45. The molecular weight excluding hydrogens is 318 g/mol. The van der Waals surface area contributed by atoms with Gasteiger partial charge in [-0.2, -0.15) is 0 Å². The van der Waals surface area contributed by atoms with Crippen molar-refractivity contribution in [1.82, 2.24) is 4.72 Å². The second-order valence-electron chi connectivity index (χ2n) is 4.23.